The van der Waals surface area contributed by atoms with Crippen LogP contribution in [0.4, 0.5) is 0 Å². The molecule has 1 rings (SSSR count). The molecule has 0 spiro atoms. The lowest BCUT2D eigenvalue weighted by Gasteiger charge is -2.08. The largest absolute Gasteiger partial charge is 0.466 e. The predicted octanol–water partition coefficient (Wildman–Crippen LogP) is 1.15. The first-order chi connectivity index (χ1) is 9.44. The molecule has 0 fully saturated rings. The van der Waals surface area contributed by atoms with Crippen molar-refractivity contribution in [2.75, 3.05) is 12.4 Å². The Morgan fingerprint density at radius 1 is 1.45 bits per heavy atom. The molecule has 6 nitrogen and oxygen atoms in total. The Morgan fingerprint density at radius 3 is 2.85 bits per heavy atom. The molecule has 0 saturated carbocycles. The molecule has 0 bridgehead atoms. The Hall–Kier alpha value is -1.47. The number of esters is 1. The monoisotopic (exact) mass is 300 g/mol. The molecular weight excluding hydrogens is 280 g/mol. The van der Waals surface area contributed by atoms with Crippen LogP contribution >= 0.6 is 0 Å². The molecule has 112 valence electrons. The first-order valence-corrected chi connectivity index (χ1v) is 8.13. The van der Waals surface area contributed by atoms with E-state index in [4.69, 9.17) is 4.74 Å². The van der Waals surface area contributed by atoms with Gasteiger partial charge in [-0.3, -0.25) is 9.78 Å². The topological polar surface area (TPSA) is 85.4 Å². The molecule has 1 N–H and O–H groups in total. The van der Waals surface area contributed by atoms with Gasteiger partial charge in [-0.25, -0.2) is 13.1 Å². The minimum absolute atomic E-state index is 0.0995. The molecule has 0 aliphatic carbocycles. The zero-order valence-corrected chi connectivity index (χ0v) is 12.6. The van der Waals surface area contributed by atoms with Crippen molar-refractivity contribution in [1.29, 1.82) is 0 Å². The maximum atomic E-state index is 11.8. The summed E-state index contributed by atoms with van der Waals surface area (Å²) in [5, 5.41) is 0. The molecule has 0 amide bonds. The highest BCUT2D eigenvalue weighted by Crippen LogP contribution is 2.04. The van der Waals surface area contributed by atoms with Crippen LogP contribution < -0.4 is 4.72 Å². The van der Waals surface area contributed by atoms with Crippen molar-refractivity contribution in [3.8, 4) is 0 Å². The maximum absolute atomic E-state index is 11.8. The molecule has 7 heteroatoms. The number of hydrogen-bond donors (Lipinski definition) is 1. The van der Waals surface area contributed by atoms with E-state index in [1.807, 2.05) is 13.0 Å². The van der Waals surface area contributed by atoms with E-state index in [0.29, 0.717) is 12.3 Å². The number of nitrogens with zero attached hydrogens (tertiary/aromatic N) is 1. The highest BCUT2D eigenvalue weighted by atomic mass is 32.2. The van der Waals surface area contributed by atoms with Crippen LogP contribution in [0.25, 0.3) is 0 Å². The van der Waals surface area contributed by atoms with Crippen LogP contribution in [-0.4, -0.2) is 31.7 Å². The predicted molar refractivity (Wildman–Crippen MR) is 75.5 cm³/mol. The summed E-state index contributed by atoms with van der Waals surface area (Å²) < 4.78 is 30.7. The third-order valence-corrected chi connectivity index (χ3v) is 4.09. The van der Waals surface area contributed by atoms with E-state index in [1.165, 1.54) is 0 Å². The van der Waals surface area contributed by atoms with Gasteiger partial charge < -0.3 is 4.74 Å². The van der Waals surface area contributed by atoms with Crippen LogP contribution in [0.15, 0.2) is 18.3 Å². The number of carbonyl (C=O) groups is 1. The van der Waals surface area contributed by atoms with Gasteiger partial charge in [0.25, 0.3) is 0 Å². The first-order valence-electron chi connectivity index (χ1n) is 6.48. The maximum Gasteiger partial charge on any atom is 0.305 e. The van der Waals surface area contributed by atoms with Gasteiger partial charge >= 0.3 is 5.97 Å². The number of nitrogens with one attached hydrogen (secondary N) is 1. The zero-order chi connectivity index (χ0) is 15.0. The number of rotatable bonds is 8. The van der Waals surface area contributed by atoms with Crippen LogP contribution in [-0.2, 0) is 26.1 Å². The van der Waals surface area contributed by atoms with Gasteiger partial charge in [0.15, 0.2) is 0 Å². The molecule has 1 aromatic rings. The van der Waals surface area contributed by atoms with Crippen molar-refractivity contribution in [3.63, 3.8) is 0 Å². The molecule has 1 aromatic heterocycles. The molecular formula is C13H20N2O4S. The Morgan fingerprint density at radius 2 is 2.20 bits per heavy atom. The van der Waals surface area contributed by atoms with E-state index in [1.54, 1.807) is 19.2 Å². The fraction of sp³-hybridized carbons (Fsp3) is 0.538. The second-order valence-electron chi connectivity index (χ2n) is 4.32. The lowest BCUT2D eigenvalue weighted by Crippen LogP contribution is -2.27. The van der Waals surface area contributed by atoms with Crippen molar-refractivity contribution < 1.29 is 17.9 Å². The average molecular weight is 300 g/mol. The molecule has 0 atom stereocenters. The summed E-state index contributed by atoms with van der Waals surface area (Å²) in [7, 11) is -3.40. The van der Waals surface area contributed by atoms with Crippen LogP contribution in [0.1, 0.15) is 31.0 Å². The smallest absolute Gasteiger partial charge is 0.305 e. The Bertz CT molecular complexity index is 543. The van der Waals surface area contributed by atoms with Gasteiger partial charge in [-0.1, -0.05) is 6.07 Å². The van der Waals surface area contributed by atoms with Crippen LogP contribution in [0, 0.1) is 6.92 Å². The molecule has 0 aromatic carbocycles. The molecule has 0 aliphatic rings. The van der Waals surface area contributed by atoms with Crippen molar-refractivity contribution in [2.45, 2.75) is 33.2 Å². The highest BCUT2D eigenvalue weighted by molar-refractivity contribution is 7.89. The SMILES string of the molecule is CCOC(=O)CCCS(=O)(=O)NCc1ncccc1C. The molecule has 0 saturated heterocycles. The fourth-order valence-electron chi connectivity index (χ4n) is 1.59. The lowest BCUT2D eigenvalue weighted by atomic mass is 10.2. The van der Waals surface area contributed by atoms with Crippen LogP contribution in [0.5, 0.6) is 0 Å². The molecule has 1 heterocycles. The quantitative estimate of drug-likeness (QED) is 0.728. The van der Waals surface area contributed by atoms with Gasteiger partial charge in [0.05, 0.1) is 24.6 Å². The molecule has 0 unspecified atom stereocenters. The molecule has 0 radical (unpaired) electrons. The summed E-state index contributed by atoms with van der Waals surface area (Å²) in [6.07, 6.45) is 1.98. The van der Waals surface area contributed by atoms with E-state index in [-0.39, 0.29) is 31.1 Å². The summed E-state index contributed by atoms with van der Waals surface area (Å²) >= 11 is 0. The lowest BCUT2D eigenvalue weighted by molar-refractivity contribution is -0.143. The number of ether oxygens (including phenoxy) is 1. The number of carbonyl (C=O) groups excluding carboxylic acids is 1. The minimum Gasteiger partial charge on any atom is -0.466 e. The standard InChI is InChI=1S/C13H20N2O4S/c1-3-19-13(16)7-5-9-20(17,18)15-10-12-11(2)6-4-8-14-12/h4,6,8,15H,3,5,7,9-10H2,1-2H3. The van der Waals surface area contributed by atoms with Crippen LogP contribution in [0.2, 0.25) is 0 Å². The molecule has 20 heavy (non-hydrogen) atoms. The number of hydrogen-bond acceptors (Lipinski definition) is 5. The van der Waals surface area contributed by atoms with Crippen molar-refractivity contribution in [1.82, 2.24) is 9.71 Å². The second-order valence-corrected chi connectivity index (χ2v) is 6.24. The van der Waals surface area contributed by atoms with Crippen molar-refractivity contribution >= 4 is 16.0 Å². The number of pyridine rings is 1. The van der Waals surface area contributed by atoms with Gasteiger partial charge in [0.1, 0.15) is 0 Å². The van der Waals surface area contributed by atoms with Gasteiger partial charge in [0.2, 0.25) is 10.0 Å². The third-order valence-electron chi connectivity index (χ3n) is 2.68. The number of sulfonamides is 1. The summed E-state index contributed by atoms with van der Waals surface area (Å²) in [5.74, 6) is -0.471. The van der Waals surface area contributed by atoms with Gasteiger partial charge in [-0.05, 0) is 31.9 Å². The summed E-state index contributed by atoms with van der Waals surface area (Å²) in [4.78, 5) is 15.2. The Kier molecular flexibility index (Phi) is 6.60. The normalized spacial score (nSPS) is 11.3. The van der Waals surface area contributed by atoms with E-state index in [2.05, 4.69) is 9.71 Å². The van der Waals surface area contributed by atoms with E-state index < -0.39 is 10.0 Å². The first kappa shape index (κ1) is 16.6. The van der Waals surface area contributed by atoms with E-state index in [9.17, 15) is 13.2 Å². The Balaban J connectivity index is 2.39. The molecule has 0 aliphatic heterocycles. The van der Waals surface area contributed by atoms with E-state index in [0.717, 1.165) is 5.56 Å². The van der Waals surface area contributed by atoms with Gasteiger partial charge in [0, 0.05) is 12.6 Å². The van der Waals surface area contributed by atoms with Gasteiger partial charge in [-0.2, -0.15) is 0 Å². The van der Waals surface area contributed by atoms with Crippen molar-refractivity contribution in [3.05, 3.63) is 29.6 Å². The fourth-order valence-corrected chi connectivity index (χ4v) is 2.62. The number of aromatic nitrogens is 1. The van der Waals surface area contributed by atoms with Crippen molar-refractivity contribution in [2.24, 2.45) is 0 Å². The minimum atomic E-state index is -3.40. The summed E-state index contributed by atoms with van der Waals surface area (Å²) in [6, 6.07) is 3.67. The highest BCUT2D eigenvalue weighted by Gasteiger charge is 2.12. The Labute approximate surface area is 119 Å². The number of aryl methyl sites for hydroxylation is 1. The average Bonchev–Trinajstić information content (AvgIpc) is 2.38. The summed E-state index contributed by atoms with van der Waals surface area (Å²) in [5.41, 5.74) is 1.63. The third kappa shape index (κ3) is 6.12. The zero-order valence-electron chi connectivity index (χ0n) is 11.8. The summed E-state index contributed by atoms with van der Waals surface area (Å²) in [6.45, 7) is 4.06. The van der Waals surface area contributed by atoms with E-state index >= 15 is 0 Å². The van der Waals surface area contributed by atoms with Gasteiger partial charge in [-0.15, -0.1) is 0 Å². The van der Waals surface area contributed by atoms with Crippen LogP contribution in [0.3, 0.4) is 0 Å². The second kappa shape index (κ2) is 7.96.